The first-order valence-corrected chi connectivity index (χ1v) is 7.02. The lowest BCUT2D eigenvalue weighted by atomic mass is 10.1. The van der Waals surface area contributed by atoms with E-state index in [1.165, 1.54) is 12.8 Å². The molecule has 0 saturated heterocycles. The summed E-state index contributed by atoms with van der Waals surface area (Å²) in [5, 5.41) is 0.871. The van der Waals surface area contributed by atoms with E-state index in [0.29, 0.717) is 18.1 Å². The average Bonchev–Trinajstić information content (AvgIpc) is 3.20. The summed E-state index contributed by atoms with van der Waals surface area (Å²) in [6.45, 7) is 4.71. The van der Waals surface area contributed by atoms with Gasteiger partial charge < -0.3 is 13.9 Å². The SMILES string of the molecule is CCOC(=O)c1oc2cccc(OCC3CC3)c2c1C. The van der Waals surface area contributed by atoms with Crippen LogP contribution in [0, 0.1) is 12.8 Å². The summed E-state index contributed by atoms with van der Waals surface area (Å²) in [6, 6.07) is 5.64. The van der Waals surface area contributed by atoms with Crippen molar-refractivity contribution in [2.24, 2.45) is 5.92 Å². The van der Waals surface area contributed by atoms with Crippen molar-refractivity contribution in [3.8, 4) is 5.75 Å². The molecule has 0 aliphatic heterocycles. The Labute approximate surface area is 117 Å². The van der Waals surface area contributed by atoms with Gasteiger partial charge in [0.15, 0.2) is 0 Å². The molecule has 1 aromatic carbocycles. The first-order valence-electron chi connectivity index (χ1n) is 7.02. The Balaban J connectivity index is 1.97. The van der Waals surface area contributed by atoms with Crippen LogP contribution in [0.3, 0.4) is 0 Å². The monoisotopic (exact) mass is 274 g/mol. The largest absolute Gasteiger partial charge is 0.493 e. The molecule has 1 aliphatic carbocycles. The van der Waals surface area contributed by atoms with Gasteiger partial charge in [-0.3, -0.25) is 0 Å². The van der Waals surface area contributed by atoms with Gasteiger partial charge in [-0.05, 0) is 44.7 Å². The maximum atomic E-state index is 11.9. The lowest BCUT2D eigenvalue weighted by Crippen LogP contribution is -2.04. The molecule has 0 radical (unpaired) electrons. The van der Waals surface area contributed by atoms with Gasteiger partial charge in [-0.1, -0.05) is 6.07 Å². The maximum Gasteiger partial charge on any atom is 0.374 e. The molecule has 0 spiro atoms. The van der Waals surface area contributed by atoms with E-state index in [-0.39, 0.29) is 5.76 Å². The summed E-state index contributed by atoms with van der Waals surface area (Å²) in [4.78, 5) is 11.9. The van der Waals surface area contributed by atoms with Crippen LogP contribution in [0.1, 0.15) is 35.9 Å². The van der Waals surface area contributed by atoms with Crippen LogP contribution in [0.5, 0.6) is 5.75 Å². The Kier molecular flexibility index (Phi) is 3.38. The van der Waals surface area contributed by atoms with Crippen LogP contribution in [-0.4, -0.2) is 19.2 Å². The minimum Gasteiger partial charge on any atom is -0.493 e. The zero-order valence-electron chi connectivity index (χ0n) is 11.8. The van der Waals surface area contributed by atoms with Crippen molar-refractivity contribution >= 4 is 16.9 Å². The molecular weight excluding hydrogens is 256 g/mol. The van der Waals surface area contributed by atoms with E-state index in [1.807, 2.05) is 25.1 Å². The van der Waals surface area contributed by atoms with Crippen LogP contribution < -0.4 is 4.74 Å². The average molecular weight is 274 g/mol. The molecule has 1 aliphatic rings. The van der Waals surface area contributed by atoms with E-state index < -0.39 is 5.97 Å². The number of hydrogen-bond donors (Lipinski definition) is 0. The molecule has 106 valence electrons. The molecule has 0 N–H and O–H groups in total. The summed E-state index contributed by atoms with van der Waals surface area (Å²) in [6.07, 6.45) is 2.49. The molecule has 1 fully saturated rings. The first-order chi connectivity index (χ1) is 9.70. The highest BCUT2D eigenvalue weighted by Gasteiger charge is 2.24. The van der Waals surface area contributed by atoms with Crippen molar-refractivity contribution in [3.63, 3.8) is 0 Å². The van der Waals surface area contributed by atoms with E-state index in [0.717, 1.165) is 23.3 Å². The highest BCUT2D eigenvalue weighted by Crippen LogP contribution is 2.35. The molecule has 1 saturated carbocycles. The molecule has 4 nitrogen and oxygen atoms in total. The Morgan fingerprint density at radius 2 is 2.20 bits per heavy atom. The van der Waals surface area contributed by atoms with Crippen molar-refractivity contribution in [1.82, 2.24) is 0 Å². The van der Waals surface area contributed by atoms with Gasteiger partial charge in [-0.2, -0.15) is 0 Å². The predicted octanol–water partition coefficient (Wildman–Crippen LogP) is 3.71. The maximum absolute atomic E-state index is 11.9. The molecule has 0 bridgehead atoms. The highest BCUT2D eigenvalue weighted by molar-refractivity contribution is 5.98. The number of aryl methyl sites for hydroxylation is 1. The number of hydrogen-bond acceptors (Lipinski definition) is 4. The van der Waals surface area contributed by atoms with Crippen LogP contribution in [0.25, 0.3) is 11.0 Å². The van der Waals surface area contributed by atoms with Gasteiger partial charge in [0.1, 0.15) is 11.3 Å². The summed E-state index contributed by atoms with van der Waals surface area (Å²) in [5.41, 5.74) is 1.45. The van der Waals surface area contributed by atoms with Crippen molar-refractivity contribution < 1.29 is 18.7 Å². The van der Waals surface area contributed by atoms with Crippen molar-refractivity contribution in [1.29, 1.82) is 0 Å². The van der Waals surface area contributed by atoms with Crippen LogP contribution in [-0.2, 0) is 4.74 Å². The second-order valence-electron chi connectivity index (χ2n) is 5.16. The van der Waals surface area contributed by atoms with Crippen LogP contribution in [0.2, 0.25) is 0 Å². The number of ether oxygens (including phenoxy) is 2. The molecular formula is C16H18O4. The van der Waals surface area contributed by atoms with Gasteiger partial charge in [-0.15, -0.1) is 0 Å². The van der Waals surface area contributed by atoms with Crippen molar-refractivity contribution in [3.05, 3.63) is 29.5 Å². The summed E-state index contributed by atoms with van der Waals surface area (Å²) >= 11 is 0. The van der Waals surface area contributed by atoms with Gasteiger partial charge >= 0.3 is 5.97 Å². The fourth-order valence-corrected chi connectivity index (χ4v) is 2.27. The molecule has 0 unspecified atom stereocenters. The molecule has 0 amide bonds. The number of carbonyl (C=O) groups excluding carboxylic acids is 1. The fraction of sp³-hybridized carbons (Fsp3) is 0.438. The lowest BCUT2D eigenvalue weighted by Gasteiger charge is -2.06. The number of benzene rings is 1. The van der Waals surface area contributed by atoms with Gasteiger partial charge in [-0.25, -0.2) is 4.79 Å². The molecule has 1 aromatic heterocycles. The molecule has 3 rings (SSSR count). The Bertz CT molecular complexity index is 637. The fourth-order valence-electron chi connectivity index (χ4n) is 2.27. The van der Waals surface area contributed by atoms with Gasteiger partial charge in [0.05, 0.1) is 18.6 Å². The minimum atomic E-state index is -0.422. The summed E-state index contributed by atoms with van der Waals surface area (Å²) in [7, 11) is 0. The van der Waals surface area contributed by atoms with E-state index in [9.17, 15) is 4.79 Å². The number of furan rings is 1. The molecule has 20 heavy (non-hydrogen) atoms. The summed E-state index contributed by atoms with van der Waals surface area (Å²) in [5.74, 6) is 1.31. The Hall–Kier alpha value is -1.97. The molecule has 2 aromatic rings. The first kappa shape index (κ1) is 13.0. The quantitative estimate of drug-likeness (QED) is 0.780. The molecule has 1 heterocycles. The second kappa shape index (κ2) is 5.19. The molecule has 4 heteroatoms. The van der Waals surface area contributed by atoms with Crippen LogP contribution >= 0.6 is 0 Å². The summed E-state index contributed by atoms with van der Waals surface area (Å²) < 4.78 is 16.5. The van der Waals surface area contributed by atoms with Crippen LogP contribution in [0.4, 0.5) is 0 Å². The Morgan fingerprint density at radius 3 is 2.90 bits per heavy atom. The third-order valence-electron chi connectivity index (χ3n) is 3.55. The number of esters is 1. The second-order valence-corrected chi connectivity index (χ2v) is 5.16. The normalized spacial score (nSPS) is 14.5. The van der Waals surface area contributed by atoms with Crippen LogP contribution in [0.15, 0.2) is 22.6 Å². The van der Waals surface area contributed by atoms with E-state index >= 15 is 0 Å². The lowest BCUT2D eigenvalue weighted by molar-refractivity contribution is 0.0491. The third-order valence-corrected chi connectivity index (χ3v) is 3.55. The number of carbonyl (C=O) groups is 1. The number of fused-ring (bicyclic) bond motifs is 1. The topological polar surface area (TPSA) is 48.7 Å². The van der Waals surface area contributed by atoms with Gasteiger partial charge in [0.2, 0.25) is 5.76 Å². The standard InChI is InChI=1S/C16H18O4/c1-3-18-16(17)15-10(2)14-12(19-9-11-7-8-11)5-4-6-13(14)20-15/h4-6,11H,3,7-9H2,1-2H3. The van der Waals surface area contributed by atoms with Crippen molar-refractivity contribution in [2.75, 3.05) is 13.2 Å². The number of rotatable bonds is 5. The predicted molar refractivity (Wildman–Crippen MR) is 75.1 cm³/mol. The van der Waals surface area contributed by atoms with Gasteiger partial charge in [0.25, 0.3) is 0 Å². The van der Waals surface area contributed by atoms with Crippen molar-refractivity contribution in [2.45, 2.75) is 26.7 Å². The Morgan fingerprint density at radius 1 is 1.40 bits per heavy atom. The smallest absolute Gasteiger partial charge is 0.374 e. The molecule has 0 atom stereocenters. The van der Waals surface area contributed by atoms with E-state index in [2.05, 4.69) is 0 Å². The zero-order chi connectivity index (χ0) is 14.1. The zero-order valence-corrected chi connectivity index (χ0v) is 11.8. The van der Waals surface area contributed by atoms with E-state index in [4.69, 9.17) is 13.9 Å². The highest BCUT2D eigenvalue weighted by atomic mass is 16.5. The third kappa shape index (κ3) is 2.38. The van der Waals surface area contributed by atoms with E-state index in [1.54, 1.807) is 6.92 Å². The van der Waals surface area contributed by atoms with Gasteiger partial charge in [0, 0.05) is 5.56 Å². The minimum absolute atomic E-state index is 0.268.